The summed E-state index contributed by atoms with van der Waals surface area (Å²) in [6, 6.07) is 15.7. The average Bonchev–Trinajstić information content (AvgIpc) is 3.31. The highest BCUT2D eigenvalue weighted by Crippen LogP contribution is 2.32. The Kier molecular flexibility index (Phi) is 6.37. The quantitative estimate of drug-likeness (QED) is 0.432. The monoisotopic (exact) mass is 460 g/mol. The Labute approximate surface area is 197 Å². The molecule has 0 aliphatic carbocycles. The van der Waals surface area contributed by atoms with E-state index in [9.17, 15) is 4.79 Å². The maximum Gasteiger partial charge on any atom is 0.253 e. The van der Waals surface area contributed by atoms with Crippen LogP contribution in [0.25, 0.3) is 10.9 Å². The summed E-state index contributed by atoms with van der Waals surface area (Å²) >= 11 is 0. The van der Waals surface area contributed by atoms with Crippen LogP contribution in [0.1, 0.15) is 35.5 Å². The minimum absolute atomic E-state index is 0.151. The van der Waals surface area contributed by atoms with E-state index in [2.05, 4.69) is 49.7 Å². The Morgan fingerprint density at radius 2 is 2.00 bits per heavy atom. The molecule has 1 atom stereocenters. The first-order chi connectivity index (χ1) is 16.7. The summed E-state index contributed by atoms with van der Waals surface area (Å²) in [5.74, 6) is 1.39. The van der Waals surface area contributed by atoms with Crippen molar-refractivity contribution >= 4 is 10.9 Å². The van der Waals surface area contributed by atoms with Gasteiger partial charge in [0.2, 0.25) is 0 Å². The van der Waals surface area contributed by atoms with E-state index in [-0.39, 0.29) is 5.56 Å². The second-order valence-corrected chi connectivity index (χ2v) is 8.38. The molecular formula is C25H28N6O3. The molecule has 2 aromatic heterocycles. The number of tetrazole rings is 1. The zero-order valence-electron chi connectivity index (χ0n) is 19.4. The van der Waals surface area contributed by atoms with Gasteiger partial charge in [0.25, 0.3) is 5.56 Å². The van der Waals surface area contributed by atoms with Gasteiger partial charge in [0.1, 0.15) is 11.8 Å². The number of aromatic amines is 1. The van der Waals surface area contributed by atoms with Gasteiger partial charge in [-0.2, -0.15) is 0 Å². The van der Waals surface area contributed by atoms with E-state index in [0.29, 0.717) is 37.7 Å². The SMILES string of the molecule is CCOc1ccc2[nH]c(=O)c([C@@H](c3nnnn3CCOC)N3CCc4ccccc4C3)cc2c1. The Bertz CT molecular complexity index is 1350. The molecule has 5 rings (SSSR count). The fourth-order valence-electron chi connectivity index (χ4n) is 4.64. The number of ether oxygens (including phenoxy) is 2. The summed E-state index contributed by atoms with van der Waals surface area (Å²) < 4.78 is 12.7. The lowest BCUT2D eigenvalue weighted by atomic mass is 9.96. The highest BCUT2D eigenvalue weighted by Gasteiger charge is 2.32. The van der Waals surface area contributed by atoms with Crippen LogP contribution in [0.5, 0.6) is 5.75 Å². The van der Waals surface area contributed by atoms with Crippen LogP contribution in [-0.2, 0) is 24.2 Å². The molecule has 0 radical (unpaired) electrons. The highest BCUT2D eigenvalue weighted by atomic mass is 16.5. The fourth-order valence-corrected chi connectivity index (χ4v) is 4.64. The summed E-state index contributed by atoms with van der Waals surface area (Å²) in [5, 5.41) is 13.4. The van der Waals surface area contributed by atoms with Crippen LogP contribution in [0, 0.1) is 0 Å². The molecule has 3 heterocycles. The molecule has 4 aromatic rings. The molecule has 0 spiro atoms. The molecule has 1 aliphatic heterocycles. The van der Waals surface area contributed by atoms with Gasteiger partial charge in [-0.3, -0.25) is 9.69 Å². The summed E-state index contributed by atoms with van der Waals surface area (Å²) in [7, 11) is 1.65. The van der Waals surface area contributed by atoms with Gasteiger partial charge < -0.3 is 14.5 Å². The molecule has 0 amide bonds. The predicted octanol–water partition coefficient (Wildman–Crippen LogP) is 2.71. The van der Waals surface area contributed by atoms with Crippen molar-refractivity contribution in [2.45, 2.75) is 32.5 Å². The van der Waals surface area contributed by atoms with Crippen LogP contribution in [0.15, 0.2) is 53.3 Å². The fraction of sp³-hybridized carbons (Fsp3) is 0.360. The average molecular weight is 461 g/mol. The van der Waals surface area contributed by atoms with Crippen LogP contribution in [0.4, 0.5) is 0 Å². The smallest absolute Gasteiger partial charge is 0.253 e. The number of nitrogens with one attached hydrogen (secondary N) is 1. The maximum absolute atomic E-state index is 13.4. The zero-order valence-corrected chi connectivity index (χ0v) is 19.4. The van der Waals surface area contributed by atoms with Crippen molar-refractivity contribution in [1.29, 1.82) is 0 Å². The number of H-pyrrole nitrogens is 1. The third-order valence-electron chi connectivity index (χ3n) is 6.29. The molecule has 9 heteroatoms. The lowest BCUT2D eigenvalue weighted by Gasteiger charge is -2.34. The topological polar surface area (TPSA) is 98.2 Å². The highest BCUT2D eigenvalue weighted by molar-refractivity contribution is 5.80. The molecule has 34 heavy (non-hydrogen) atoms. The van der Waals surface area contributed by atoms with Crippen molar-refractivity contribution in [1.82, 2.24) is 30.1 Å². The van der Waals surface area contributed by atoms with Crippen molar-refractivity contribution in [3.8, 4) is 5.75 Å². The predicted molar refractivity (Wildman–Crippen MR) is 128 cm³/mol. The first kappa shape index (κ1) is 22.2. The van der Waals surface area contributed by atoms with Gasteiger partial charge in [-0.15, -0.1) is 5.10 Å². The molecular weight excluding hydrogens is 432 g/mol. The van der Waals surface area contributed by atoms with Gasteiger partial charge in [-0.05, 0) is 59.2 Å². The lowest BCUT2D eigenvalue weighted by molar-refractivity contribution is 0.169. The number of nitrogens with zero attached hydrogens (tertiary/aromatic N) is 5. The van der Waals surface area contributed by atoms with Crippen LogP contribution in [-0.4, -0.2) is 57.0 Å². The lowest BCUT2D eigenvalue weighted by Crippen LogP contribution is -2.38. The summed E-state index contributed by atoms with van der Waals surface area (Å²) in [4.78, 5) is 18.7. The molecule has 0 unspecified atom stereocenters. The Hall–Kier alpha value is -3.56. The maximum atomic E-state index is 13.4. The van der Waals surface area contributed by atoms with Gasteiger partial charge in [0.05, 0.1) is 19.8 Å². The summed E-state index contributed by atoms with van der Waals surface area (Å²) in [6.07, 6.45) is 0.895. The third-order valence-corrected chi connectivity index (χ3v) is 6.29. The zero-order chi connectivity index (χ0) is 23.5. The van der Waals surface area contributed by atoms with E-state index in [1.165, 1.54) is 11.1 Å². The molecule has 9 nitrogen and oxygen atoms in total. The Morgan fingerprint density at radius 1 is 1.15 bits per heavy atom. The summed E-state index contributed by atoms with van der Waals surface area (Å²) in [6.45, 7) is 4.99. The second kappa shape index (κ2) is 9.74. The number of fused-ring (bicyclic) bond motifs is 2. The Morgan fingerprint density at radius 3 is 2.82 bits per heavy atom. The first-order valence-corrected chi connectivity index (χ1v) is 11.5. The number of hydrogen-bond donors (Lipinski definition) is 1. The van der Waals surface area contributed by atoms with Gasteiger partial charge in [-0.25, -0.2) is 4.68 Å². The van der Waals surface area contributed by atoms with Gasteiger partial charge in [0.15, 0.2) is 5.82 Å². The van der Waals surface area contributed by atoms with E-state index in [4.69, 9.17) is 9.47 Å². The minimum Gasteiger partial charge on any atom is -0.494 e. The van der Waals surface area contributed by atoms with Crippen LogP contribution < -0.4 is 10.3 Å². The molecule has 2 aromatic carbocycles. The largest absolute Gasteiger partial charge is 0.494 e. The number of benzene rings is 2. The normalized spacial score (nSPS) is 14.8. The van der Waals surface area contributed by atoms with Crippen molar-refractivity contribution in [3.63, 3.8) is 0 Å². The molecule has 0 fully saturated rings. The van der Waals surface area contributed by atoms with Gasteiger partial charge in [-0.1, -0.05) is 24.3 Å². The third kappa shape index (κ3) is 4.32. The van der Waals surface area contributed by atoms with E-state index in [0.717, 1.165) is 29.6 Å². The van der Waals surface area contributed by atoms with E-state index in [1.54, 1.807) is 11.8 Å². The van der Waals surface area contributed by atoms with E-state index in [1.807, 2.05) is 31.2 Å². The van der Waals surface area contributed by atoms with Crippen LogP contribution in [0.2, 0.25) is 0 Å². The second-order valence-electron chi connectivity index (χ2n) is 8.38. The van der Waals surface area contributed by atoms with E-state index >= 15 is 0 Å². The number of methoxy groups -OCH3 is 1. The van der Waals surface area contributed by atoms with Crippen molar-refractivity contribution < 1.29 is 9.47 Å². The summed E-state index contributed by atoms with van der Waals surface area (Å²) in [5.41, 5.74) is 3.81. The number of hydrogen-bond acceptors (Lipinski definition) is 7. The van der Waals surface area contributed by atoms with Crippen molar-refractivity contribution in [2.75, 3.05) is 26.9 Å². The Balaban J connectivity index is 1.63. The van der Waals surface area contributed by atoms with Crippen LogP contribution >= 0.6 is 0 Å². The number of aromatic nitrogens is 5. The van der Waals surface area contributed by atoms with E-state index < -0.39 is 6.04 Å². The van der Waals surface area contributed by atoms with Crippen molar-refractivity contribution in [2.24, 2.45) is 0 Å². The molecule has 0 bridgehead atoms. The van der Waals surface area contributed by atoms with Crippen molar-refractivity contribution in [3.05, 3.63) is 81.4 Å². The molecule has 0 saturated carbocycles. The molecule has 1 N–H and O–H groups in total. The number of pyridine rings is 1. The number of rotatable bonds is 8. The standard InChI is InChI=1S/C25H28N6O3/c1-3-34-20-8-9-22-19(14-20)15-21(25(32)26-22)23(24-27-28-29-31(24)12-13-33-2)30-11-10-17-6-4-5-7-18(17)16-30/h4-9,14-15,23H,3,10-13,16H2,1-2H3,(H,26,32)/t23-/m0/s1. The minimum atomic E-state index is -0.413. The molecule has 1 aliphatic rings. The van der Waals surface area contributed by atoms with Crippen LogP contribution in [0.3, 0.4) is 0 Å². The molecule has 0 saturated heterocycles. The van der Waals surface area contributed by atoms with Gasteiger partial charge in [0, 0.05) is 36.7 Å². The van der Waals surface area contributed by atoms with Gasteiger partial charge >= 0.3 is 0 Å². The first-order valence-electron chi connectivity index (χ1n) is 11.5. The molecule has 176 valence electrons.